The van der Waals surface area contributed by atoms with E-state index >= 15 is 0 Å². The second-order valence-corrected chi connectivity index (χ2v) is 3.82. The molecular formula is C12H16N2O3. The average molecular weight is 236 g/mol. The summed E-state index contributed by atoms with van der Waals surface area (Å²) < 4.78 is 0. The number of aliphatic carboxylic acids is 1. The van der Waals surface area contributed by atoms with Crippen LogP contribution in [0.2, 0.25) is 0 Å². The molecule has 0 aromatic carbocycles. The number of aryl methyl sites for hydroxylation is 1. The maximum atomic E-state index is 11.7. The highest BCUT2D eigenvalue weighted by Crippen LogP contribution is 2.01. The van der Waals surface area contributed by atoms with E-state index in [4.69, 9.17) is 5.11 Å². The highest BCUT2D eigenvalue weighted by molar-refractivity contribution is 5.94. The predicted octanol–water partition coefficient (Wildman–Crippen LogP) is 1.37. The number of carbonyl (C=O) groups is 2. The second kappa shape index (κ2) is 5.98. The van der Waals surface area contributed by atoms with E-state index in [1.165, 1.54) is 0 Å². The lowest BCUT2D eigenvalue weighted by atomic mass is 10.1. The minimum atomic E-state index is -1.02. The summed E-state index contributed by atoms with van der Waals surface area (Å²) in [5.74, 6) is -1.47. The molecule has 5 nitrogen and oxygen atoms in total. The number of hydrogen-bond donors (Lipinski definition) is 2. The van der Waals surface area contributed by atoms with Gasteiger partial charge in [0.15, 0.2) is 0 Å². The number of carboxylic acid groups (broad SMARTS) is 1. The molecule has 1 heterocycles. The van der Waals surface area contributed by atoms with Crippen LogP contribution in [0.3, 0.4) is 0 Å². The summed E-state index contributed by atoms with van der Waals surface area (Å²) in [7, 11) is 0. The Morgan fingerprint density at radius 2 is 2.18 bits per heavy atom. The average Bonchev–Trinajstić information content (AvgIpc) is 2.28. The van der Waals surface area contributed by atoms with E-state index in [1.807, 2.05) is 6.92 Å². The summed E-state index contributed by atoms with van der Waals surface area (Å²) in [6.07, 6.45) is 1.10. The molecule has 1 rings (SSSR count). The first kappa shape index (κ1) is 13.2. The summed E-state index contributed by atoms with van der Waals surface area (Å²) in [6, 6.07) is 4.20. The fraction of sp³-hybridized carbons (Fsp3) is 0.417. The predicted molar refractivity (Wildman–Crippen MR) is 62.8 cm³/mol. The van der Waals surface area contributed by atoms with Crippen LogP contribution in [0.4, 0.5) is 0 Å². The normalized spacial score (nSPS) is 11.9. The maximum absolute atomic E-state index is 11.7. The lowest BCUT2D eigenvalue weighted by Crippen LogP contribution is -2.41. The third-order valence-electron chi connectivity index (χ3n) is 2.30. The van der Waals surface area contributed by atoms with E-state index < -0.39 is 17.9 Å². The standard InChI is InChI=1S/C12H16N2O3/c1-3-5-10(12(16)17)14-11(15)9-7-4-6-8(2)13-9/h4,6-7,10H,3,5H2,1-2H3,(H,14,15)(H,16,17)/t10-/m1/s1. The van der Waals surface area contributed by atoms with Crippen LogP contribution in [0.1, 0.15) is 35.9 Å². The fourth-order valence-electron chi connectivity index (χ4n) is 1.45. The van der Waals surface area contributed by atoms with Gasteiger partial charge in [-0.15, -0.1) is 0 Å². The van der Waals surface area contributed by atoms with Crippen LogP contribution >= 0.6 is 0 Å². The van der Waals surface area contributed by atoms with Gasteiger partial charge in [-0.3, -0.25) is 4.79 Å². The number of carboxylic acids is 1. The van der Waals surface area contributed by atoms with Gasteiger partial charge in [0.2, 0.25) is 0 Å². The molecule has 1 amide bonds. The molecule has 1 atom stereocenters. The van der Waals surface area contributed by atoms with E-state index in [0.29, 0.717) is 12.8 Å². The number of nitrogens with one attached hydrogen (secondary N) is 1. The molecule has 0 radical (unpaired) electrons. The SMILES string of the molecule is CCC[C@@H](NC(=O)c1cccc(C)n1)C(=O)O. The van der Waals surface area contributed by atoms with Crippen molar-refractivity contribution in [2.24, 2.45) is 0 Å². The molecule has 1 aromatic heterocycles. The Morgan fingerprint density at radius 3 is 2.71 bits per heavy atom. The Kier molecular flexibility index (Phi) is 4.63. The van der Waals surface area contributed by atoms with Crippen LogP contribution in [-0.4, -0.2) is 28.0 Å². The van der Waals surface area contributed by atoms with Gasteiger partial charge in [0.25, 0.3) is 5.91 Å². The van der Waals surface area contributed by atoms with Crippen molar-refractivity contribution < 1.29 is 14.7 Å². The monoisotopic (exact) mass is 236 g/mol. The molecule has 17 heavy (non-hydrogen) atoms. The van der Waals surface area contributed by atoms with Crippen LogP contribution in [0.15, 0.2) is 18.2 Å². The van der Waals surface area contributed by atoms with Crippen molar-refractivity contribution in [2.45, 2.75) is 32.7 Å². The van der Waals surface area contributed by atoms with Crippen LogP contribution in [0.25, 0.3) is 0 Å². The molecule has 0 saturated heterocycles. The number of nitrogens with zero attached hydrogens (tertiary/aromatic N) is 1. The molecule has 1 aromatic rings. The molecule has 0 aliphatic rings. The molecule has 0 fully saturated rings. The first-order valence-electron chi connectivity index (χ1n) is 5.52. The highest BCUT2D eigenvalue weighted by Gasteiger charge is 2.20. The molecule has 0 aliphatic heterocycles. The molecule has 5 heteroatoms. The topological polar surface area (TPSA) is 79.3 Å². The largest absolute Gasteiger partial charge is 0.480 e. The van der Waals surface area contributed by atoms with E-state index in [0.717, 1.165) is 5.69 Å². The molecule has 0 bridgehead atoms. The van der Waals surface area contributed by atoms with E-state index in [9.17, 15) is 9.59 Å². The maximum Gasteiger partial charge on any atom is 0.326 e. The number of carbonyl (C=O) groups excluding carboxylic acids is 1. The van der Waals surface area contributed by atoms with Crippen LogP contribution in [-0.2, 0) is 4.79 Å². The Labute approximate surface area is 99.9 Å². The quantitative estimate of drug-likeness (QED) is 0.809. The van der Waals surface area contributed by atoms with Crippen LogP contribution in [0, 0.1) is 6.92 Å². The minimum absolute atomic E-state index is 0.243. The summed E-state index contributed by atoms with van der Waals surface area (Å²) in [4.78, 5) is 26.7. The van der Waals surface area contributed by atoms with Crippen LogP contribution < -0.4 is 5.32 Å². The number of aromatic nitrogens is 1. The van der Waals surface area contributed by atoms with E-state index in [1.54, 1.807) is 25.1 Å². The van der Waals surface area contributed by atoms with Gasteiger partial charge in [0.05, 0.1) is 0 Å². The molecule has 0 spiro atoms. The van der Waals surface area contributed by atoms with Gasteiger partial charge < -0.3 is 10.4 Å². The lowest BCUT2D eigenvalue weighted by molar-refractivity contribution is -0.139. The van der Waals surface area contributed by atoms with Crippen molar-refractivity contribution in [3.8, 4) is 0 Å². The smallest absolute Gasteiger partial charge is 0.326 e. The molecule has 2 N–H and O–H groups in total. The zero-order chi connectivity index (χ0) is 12.8. The Bertz CT molecular complexity index is 418. The van der Waals surface area contributed by atoms with Gasteiger partial charge in [-0.2, -0.15) is 0 Å². The minimum Gasteiger partial charge on any atom is -0.480 e. The first-order valence-corrected chi connectivity index (χ1v) is 5.52. The Morgan fingerprint density at radius 1 is 1.47 bits per heavy atom. The Balaban J connectivity index is 2.73. The number of pyridine rings is 1. The molecule has 0 saturated carbocycles. The van der Waals surface area contributed by atoms with Crippen molar-refractivity contribution >= 4 is 11.9 Å². The molecule has 0 aliphatic carbocycles. The highest BCUT2D eigenvalue weighted by atomic mass is 16.4. The molecule has 92 valence electrons. The van der Waals surface area contributed by atoms with Crippen molar-refractivity contribution in [3.63, 3.8) is 0 Å². The van der Waals surface area contributed by atoms with Crippen molar-refractivity contribution in [1.82, 2.24) is 10.3 Å². The van der Waals surface area contributed by atoms with Gasteiger partial charge >= 0.3 is 5.97 Å². The zero-order valence-electron chi connectivity index (χ0n) is 9.93. The van der Waals surface area contributed by atoms with Gasteiger partial charge in [0.1, 0.15) is 11.7 Å². The Hall–Kier alpha value is -1.91. The van der Waals surface area contributed by atoms with Crippen LogP contribution in [0.5, 0.6) is 0 Å². The lowest BCUT2D eigenvalue weighted by Gasteiger charge is -2.13. The van der Waals surface area contributed by atoms with Crippen molar-refractivity contribution in [2.75, 3.05) is 0 Å². The van der Waals surface area contributed by atoms with E-state index in [2.05, 4.69) is 10.3 Å². The summed E-state index contributed by atoms with van der Waals surface area (Å²) in [5.41, 5.74) is 0.965. The van der Waals surface area contributed by atoms with Crippen molar-refractivity contribution in [1.29, 1.82) is 0 Å². The second-order valence-electron chi connectivity index (χ2n) is 3.82. The van der Waals surface area contributed by atoms with Gasteiger partial charge in [-0.05, 0) is 25.5 Å². The first-order chi connectivity index (χ1) is 8.04. The zero-order valence-corrected chi connectivity index (χ0v) is 9.93. The van der Waals surface area contributed by atoms with Gasteiger partial charge in [0, 0.05) is 5.69 Å². The van der Waals surface area contributed by atoms with Gasteiger partial charge in [-0.1, -0.05) is 19.4 Å². The summed E-state index contributed by atoms with van der Waals surface area (Å²) in [5, 5.41) is 11.4. The number of rotatable bonds is 5. The molecular weight excluding hydrogens is 220 g/mol. The third-order valence-corrected chi connectivity index (χ3v) is 2.30. The van der Waals surface area contributed by atoms with Gasteiger partial charge in [-0.25, -0.2) is 9.78 Å². The summed E-state index contributed by atoms with van der Waals surface area (Å²) >= 11 is 0. The van der Waals surface area contributed by atoms with Crippen molar-refractivity contribution in [3.05, 3.63) is 29.6 Å². The number of hydrogen-bond acceptors (Lipinski definition) is 3. The fourth-order valence-corrected chi connectivity index (χ4v) is 1.45. The third kappa shape index (κ3) is 3.86. The van der Waals surface area contributed by atoms with E-state index in [-0.39, 0.29) is 5.69 Å². The molecule has 0 unspecified atom stereocenters. The summed E-state index contributed by atoms with van der Waals surface area (Å²) in [6.45, 7) is 3.64. The number of amides is 1.